The van der Waals surface area contributed by atoms with Gasteiger partial charge in [0, 0.05) is 32.6 Å². The molecule has 0 spiro atoms. The van der Waals surface area contributed by atoms with Crippen molar-refractivity contribution in [3.05, 3.63) is 41.5 Å². The zero-order chi connectivity index (χ0) is 13.8. The second-order valence-corrected chi connectivity index (χ2v) is 4.81. The van der Waals surface area contributed by atoms with E-state index in [9.17, 15) is 4.39 Å². The van der Waals surface area contributed by atoms with Crippen LogP contribution in [0.5, 0.6) is 0 Å². The maximum absolute atomic E-state index is 13.5. The Morgan fingerprint density at radius 2 is 1.95 bits per heavy atom. The van der Waals surface area contributed by atoms with Crippen LogP contribution in [0.15, 0.2) is 28.7 Å². The third-order valence-electron chi connectivity index (χ3n) is 3.41. The number of nitrogens with zero attached hydrogens (tertiary/aromatic N) is 3. The molecule has 2 heterocycles. The highest BCUT2D eigenvalue weighted by molar-refractivity contribution is 5.25. The number of nitrogens with one attached hydrogen (secondary N) is 1. The first-order chi connectivity index (χ1) is 9.83. The first kappa shape index (κ1) is 13.1. The highest BCUT2D eigenvalue weighted by Gasteiger charge is 2.16. The molecule has 106 valence electrons. The van der Waals surface area contributed by atoms with Crippen LogP contribution in [-0.2, 0) is 12.8 Å². The summed E-state index contributed by atoms with van der Waals surface area (Å²) in [5, 5.41) is 11.4. The molecule has 2 aromatic rings. The number of piperazine rings is 1. The SMILES string of the molecule is Fc1ccccc1CCc1nnc(N2CCNCC2)o1. The normalized spacial score (nSPS) is 15.6. The number of halogens is 1. The van der Waals surface area contributed by atoms with Gasteiger partial charge in [-0.15, -0.1) is 5.10 Å². The van der Waals surface area contributed by atoms with E-state index in [2.05, 4.69) is 20.4 Å². The lowest BCUT2D eigenvalue weighted by molar-refractivity contribution is 0.463. The zero-order valence-electron chi connectivity index (χ0n) is 11.2. The highest BCUT2D eigenvalue weighted by atomic mass is 19.1. The number of hydrogen-bond acceptors (Lipinski definition) is 5. The minimum atomic E-state index is -0.186. The molecule has 1 N–H and O–H groups in total. The standard InChI is InChI=1S/C14H17FN4O/c15-12-4-2-1-3-11(12)5-6-13-17-18-14(20-13)19-9-7-16-8-10-19/h1-4,16H,5-10H2. The Kier molecular flexibility index (Phi) is 3.92. The lowest BCUT2D eigenvalue weighted by Gasteiger charge is -2.24. The Morgan fingerprint density at radius 3 is 2.75 bits per heavy atom. The molecule has 6 heteroatoms. The van der Waals surface area contributed by atoms with Crippen LogP contribution in [0.25, 0.3) is 0 Å². The fourth-order valence-corrected chi connectivity index (χ4v) is 2.27. The van der Waals surface area contributed by atoms with E-state index < -0.39 is 0 Å². The number of aryl methyl sites for hydroxylation is 2. The third kappa shape index (κ3) is 2.96. The molecule has 1 aliphatic heterocycles. The Balaban J connectivity index is 1.61. The summed E-state index contributed by atoms with van der Waals surface area (Å²) < 4.78 is 19.1. The monoisotopic (exact) mass is 276 g/mol. The van der Waals surface area contributed by atoms with E-state index >= 15 is 0 Å². The minimum absolute atomic E-state index is 0.186. The van der Waals surface area contributed by atoms with Crippen molar-refractivity contribution < 1.29 is 8.81 Å². The van der Waals surface area contributed by atoms with E-state index in [4.69, 9.17) is 4.42 Å². The summed E-state index contributed by atoms with van der Waals surface area (Å²) >= 11 is 0. The van der Waals surface area contributed by atoms with Gasteiger partial charge in [-0.05, 0) is 18.1 Å². The summed E-state index contributed by atoms with van der Waals surface area (Å²) in [5.74, 6) is 0.371. The fraction of sp³-hybridized carbons (Fsp3) is 0.429. The Bertz CT molecular complexity index is 566. The number of anilines is 1. The van der Waals surface area contributed by atoms with Gasteiger partial charge < -0.3 is 14.6 Å². The zero-order valence-corrected chi connectivity index (χ0v) is 11.2. The van der Waals surface area contributed by atoms with Gasteiger partial charge in [-0.2, -0.15) is 0 Å². The van der Waals surface area contributed by atoms with E-state index in [1.807, 2.05) is 6.07 Å². The molecule has 0 amide bonds. The van der Waals surface area contributed by atoms with Crippen LogP contribution in [0.4, 0.5) is 10.4 Å². The topological polar surface area (TPSA) is 54.2 Å². The lowest BCUT2D eigenvalue weighted by Crippen LogP contribution is -2.43. The molecular weight excluding hydrogens is 259 g/mol. The van der Waals surface area contributed by atoms with Gasteiger partial charge in [0.1, 0.15) is 5.82 Å². The van der Waals surface area contributed by atoms with Crippen LogP contribution in [0.3, 0.4) is 0 Å². The highest BCUT2D eigenvalue weighted by Crippen LogP contribution is 2.15. The first-order valence-electron chi connectivity index (χ1n) is 6.84. The van der Waals surface area contributed by atoms with E-state index in [0.717, 1.165) is 26.2 Å². The van der Waals surface area contributed by atoms with Crippen LogP contribution in [-0.4, -0.2) is 36.4 Å². The molecule has 0 radical (unpaired) electrons. The molecule has 1 fully saturated rings. The maximum atomic E-state index is 13.5. The van der Waals surface area contributed by atoms with E-state index in [1.54, 1.807) is 12.1 Å². The molecule has 1 aliphatic rings. The van der Waals surface area contributed by atoms with Gasteiger partial charge in [-0.3, -0.25) is 0 Å². The molecule has 0 atom stereocenters. The minimum Gasteiger partial charge on any atom is -0.408 e. The summed E-state index contributed by atoms with van der Waals surface area (Å²) in [4.78, 5) is 2.07. The molecule has 0 aliphatic carbocycles. The van der Waals surface area contributed by atoms with Crippen molar-refractivity contribution in [2.24, 2.45) is 0 Å². The van der Waals surface area contributed by atoms with Gasteiger partial charge in [0.15, 0.2) is 0 Å². The van der Waals surface area contributed by atoms with Gasteiger partial charge >= 0.3 is 6.01 Å². The van der Waals surface area contributed by atoms with Crippen molar-refractivity contribution in [2.75, 3.05) is 31.1 Å². The summed E-state index contributed by atoms with van der Waals surface area (Å²) in [6, 6.07) is 7.33. The van der Waals surface area contributed by atoms with Crippen molar-refractivity contribution >= 4 is 6.01 Å². The number of hydrogen-bond donors (Lipinski definition) is 1. The Hall–Kier alpha value is -1.95. The second kappa shape index (κ2) is 6.00. The number of aromatic nitrogens is 2. The largest absolute Gasteiger partial charge is 0.408 e. The lowest BCUT2D eigenvalue weighted by atomic mass is 10.1. The quantitative estimate of drug-likeness (QED) is 0.915. The molecule has 0 saturated carbocycles. The van der Waals surface area contributed by atoms with Crippen LogP contribution in [0.2, 0.25) is 0 Å². The smallest absolute Gasteiger partial charge is 0.318 e. The average molecular weight is 276 g/mol. The summed E-state index contributed by atoms with van der Waals surface area (Å²) in [7, 11) is 0. The second-order valence-electron chi connectivity index (χ2n) is 4.81. The molecule has 1 aromatic heterocycles. The van der Waals surface area contributed by atoms with Gasteiger partial charge in [-0.25, -0.2) is 4.39 Å². The van der Waals surface area contributed by atoms with Crippen LogP contribution < -0.4 is 10.2 Å². The number of rotatable bonds is 4. The predicted molar refractivity (Wildman–Crippen MR) is 73.2 cm³/mol. The third-order valence-corrected chi connectivity index (χ3v) is 3.41. The van der Waals surface area contributed by atoms with Crippen LogP contribution >= 0.6 is 0 Å². The fourth-order valence-electron chi connectivity index (χ4n) is 2.27. The Morgan fingerprint density at radius 1 is 1.15 bits per heavy atom. The first-order valence-corrected chi connectivity index (χ1v) is 6.84. The van der Waals surface area contributed by atoms with E-state index in [1.165, 1.54) is 6.07 Å². The summed E-state index contributed by atoms with van der Waals surface area (Å²) in [6.07, 6.45) is 1.12. The summed E-state index contributed by atoms with van der Waals surface area (Å²) in [6.45, 7) is 3.59. The predicted octanol–water partition coefficient (Wildman–Crippen LogP) is 1.40. The van der Waals surface area contributed by atoms with Gasteiger partial charge in [0.05, 0.1) is 0 Å². The van der Waals surface area contributed by atoms with Crippen molar-refractivity contribution in [1.29, 1.82) is 0 Å². The van der Waals surface area contributed by atoms with Crippen LogP contribution in [0, 0.1) is 5.82 Å². The summed E-state index contributed by atoms with van der Waals surface area (Å²) in [5.41, 5.74) is 0.675. The van der Waals surface area contributed by atoms with Crippen molar-refractivity contribution in [1.82, 2.24) is 15.5 Å². The van der Waals surface area contributed by atoms with Gasteiger partial charge in [0.2, 0.25) is 5.89 Å². The van der Waals surface area contributed by atoms with Crippen molar-refractivity contribution in [2.45, 2.75) is 12.8 Å². The van der Waals surface area contributed by atoms with Gasteiger partial charge in [-0.1, -0.05) is 23.3 Å². The van der Waals surface area contributed by atoms with Crippen molar-refractivity contribution in [3.8, 4) is 0 Å². The van der Waals surface area contributed by atoms with Crippen LogP contribution in [0.1, 0.15) is 11.5 Å². The average Bonchev–Trinajstić information content (AvgIpc) is 2.96. The van der Waals surface area contributed by atoms with Gasteiger partial charge in [0.25, 0.3) is 0 Å². The van der Waals surface area contributed by atoms with E-state index in [-0.39, 0.29) is 5.82 Å². The molecule has 3 rings (SSSR count). The molecule has 1 aromatic carbocycles. The van der Waals surface area contributed by atoms with E-state index in [0.29, 0.717) is 30.3 Å². The molecule has 5 nitrogen and oxygen atoms in total. The van der Waals surface area contributed by atoms with Crippen molar-refractivity contribution in [3.63, 3.8) is 0 Å². The number of benzene rings is 1. The maximum Gasteiger partial charge on any atom is 0.318 e. The molecule has 0 bridgehead atoms. The molecule has 1 saturated heterocycles. The molecule has 0 unspecified atom stereocenters. The molecule has 20 heavy (non-hydrogen) atoms. The Labute approximate surface area is 116 Å². The molecular formula is C14H17FN4O.